The maximum absolute atomic E-state index is 12.5. The quantitative estimate of drug-likeness (QED) is 0.547. The number of nitrogens with one attached hydrogen (secondary N) is 1. The standard InChI is InChI=1S/C21H16N2O2/c24-18-7-3-6-17(12-18)19-13-20(23-22-19)21(25)11-14-8-9-15-4-1-2-5-16(15)10-14/h1-10,12-13,24H,11H2,(H,22,23). The van der Waals surface area contributed by atoms with Crippen LogP contribution in [0.4, 0.5) is 0 Å². The molecule has 4 heteroatoms. The van der Waals surface area contributed by atoms with Gasteiger partial charge in [-0.3, -0.25) is 9.89 Å². The molecular weight excluding hydrogens is 312 g/mol. The first-order valence-corrected chi connectivity index (χ1v) is 8.05. The summed E-state index contributed by atoms with van der Waals surface area (Å²) in [6, 6.07) is 22.7. The minimum Gasteiger partial charge on any atom is -0.508 e. The first kappa shape index (κ1) is 15.1. The fraction of sp³-hybridized carbons (Fsp3) is 0.0476. The van der Waals surface area contributed by atoms with E-state index in [9.17, 15) is 9.90 Å². The van der Waals surface area contributed by atoms with Crippen LogP contribution < -0.4 is 0 Å². The summed E-state index contributed by atoms with van der Waals surface area (Å²) in [5, 5.41) is 18.8. The molecule has 0 atom stereocenters. The Labute approximate surface area is 144 Å². The third-order valence-corrected chi connectivity index (χ3v) is 4.20. The van der Waals surface area contributed by atoms with Crippen molar-refractivity contribution >= 4 is 16.6 Å². The molecule has 0 saturated heterocycles. The van der Waals surface area contributed by atoms with Crippen molar-refractivity contribution in [1.29, 1.82) is 0 Å². The van der Waals surface area contributed by atoms with Crippen LogP contribution in [0.25, 0.3) is 22.0 Å². The Morgan fingerprint density at radius 2 is 1.76 bits per heavy atom. The summed E-state index contributed by atoms with van der Waals surface area (Å²) in [7, 11) is 0. The monoisotopic (exact) mass is 328 g/mol. The van der Waals surface area contributed by atoms with E-state index < -0.39 is 0 Å². The number of hydrogen-bond donors (Lipinski definition) is 2. The van der Waals surface area contributed by atoms with E-state index >= 15 is 0 Å². The number of phenols is 1. The van der Waals surface area contributed by atoms with Gasteiger partial charge in [-0.25, -0.2) is 0 Å². The molecule has 0 aliphatic heterocycles. The molecule has 0 saturated carbocycles. The number of phenolic OH excluding ortho intramolecular Hbond substituents is 1. The summed E-state index contributed by atoms with van der Waals surface area (Å²) in [5.41, 5.74) is 2.84. The zero-order chi connectivity index (χ0) is 17.2. The molecule has 0 fully saturated rings. The van der Waals surface area contributed by atoms with Gasteiger partial charge in [0.1, 0.15) is 11.4 Å². The maximum Gasteiger partial charge on any atom is 0.184 e. The Balaban J connectivity index is 1.56. The molecule has 0 amide bonds. The second-order valence-corrected chi connectivity index (χ2v) is 6.00. The highest BCUT2D eigenvalue weighted by Gasteiger charge is 2.12. The first-order chi connectivity index (χ1) is 12.2. The Morgan fingerprint density at radius 1 is 0.920 bits per heavy atom. The number of carbonyl (C=O) groups excluding carboxylic acids is 1. The average Bonchev–Trinajstić information content (AvgIpc) is 3.12. The topological polar surface area (TPSA) is 66.0 Å². The van der Waals surface area contributed by atoms with Gasteiger partial charge in [-0.15, -0.1) is 0 Å². The lowest BCUT2D eigenvalue weighted by Gasteiger charge is -2.02. The van der Waals surface area contributed by atoms with Crippen molar-refractivity contribution in [3.05, 3.63) is 84.1 Å². The van der Waals surface area contributed by atoms with Crippen LogP contribution in [0.2, 0.25) is 0 Å². The van der Waals surface area contributed by atoms with Gasteiger partial charge in [0.25, 0.3) is 0 Å². The van der Waals surface area contributed by atoms with Crippen molar-refractivity contribution in [2.45, 2.75) is 6.42 Å². The van der Waals surface area contributed by atoms with Crippen LogP contribution in [-0.2, 0) is 6.42 Å². The smallest absolute Gasteiger partial charge is 0.184 e. The minimum absolute atomic E-state index is 0.0193. The number of Topliss-reactive ketones (excluding diaryl/α,β-unsaturated/α-hetero) is 1. The number of benzene rings is 3. The van der Waals surface area contributed by atoms with Crippen LogP contribution in [0.15, 0.2) is 72.8 Å². The number of aromatic amines is 1. The second-order valence-electron chi connectivity index (χ2n) is 6.00. The number of hydrogen-bond acceptors (Lipinski definition) is 3. The molecule has 0 radical (unpaired) electrons. The van der Waals surface area contributed by atoms with E-state index in [1.807, 2.05) is 42.5 Å². The van der Waals surface area contributed by atoms with E-state index in [2.05, 4.69) is 16.3 Å². The van der Waals surface area contributed by atoms with Crippen LogP contribution in [0.1, 0.15) is 16.1 Å². The molecule has 0 bridgehead atoms. The van der Waals surface area contributed by atoms with Crippen molar-refractivity contribution in [2.75, 3.05) is 0 Å². The van der Waals surface area contributed by atoms with Gasteiger partial charge in [0.2, 0.25) is 0 Å². The van der Waals surface area contributed by atoms with Gasteiger partial charge >= 0.3 is 0 Å². The van der Waals surface area contributed by atoms with E-state index in [4.69, 9.17) is 0 Å². The lowest BCUT2D eigenvalue weighted by Crippen LogP contribution is -2.04. The van der Waals surface area contributed by atoms with Crippen LogP contribution in [0, 0.1) is 0 Å². The van der Waals surface area contributed by atoms with E-state index in [0.717, 1.165) is 21.9 Å². The Bertz CT molecular complexity index is 1070. The molecule has 2 N–H and O–H groups in total. The summed E-state index contributed by atoms with van der Waals surface area (Å²) in [4.78, 5) is 12.5. The van der Waals surface area contributed by atoms with Gasteiger partial charge in [-0.1, -0.05) is 54.6 Å². The Morgan fingerprint density at radius 3 is 2.60 bits per heavy atom. The normalized spacial score (nSPS) is 10.9. The number of H-pyrrole nitrogens is 1. The fourth-order valence-corrected chi connectivity index (χ4v) is 2.91. The third kappa shape index (κ3) is 3.15. The molecule has 0 spiro atoms. The summed E-state index contributed by atoms with van der Waals surface area (Å²) in [6.07, 6.45) is 0.312. The highest BCUT2D eigenvalue weighted by atomic mass is 16.3. The van der Waals surface area contributed by atoms with Gasteiger partial charge < -0.3 is 5.11 Å². The lowest BCUT2D eigenvalue weighted by molar-refractivity contribution is 0.0988. The van der Waals surface area contributed by atoms with E-state index in [0.29, 0.717) is 17.8 Å². The van der Waals surface area contributed by atoms with Crippen molar-refractivity contribution < 1.29 is 9.90 Å². The summed E-state index contributed by atoms with van der Waals surface area (Å²) >= 11 is 0. The average molecular weight is 328 g/mol. The Hall–Kier alpha value is -3.40. The molecule has 122 valence electrons. The molecule has 4 aromatic rings. The lowest BCUT2D eigenvalue weighted by atomic mass is 10.0. The first-order valence-electron chi connectivity index (χ1n) is 8.05. The number of ketones is 1. The van der Waals surface area contributed by atoms with E-state index in [1.54, 1.807) is 24.3 Å². The zero-order valence-electron chi connectivity index (χ0n) is 13.4. The number of carbonyl (C=O) groups is 1. The molecule has 0 aliphatic rings. The maximum atomic E-state index is 12.5. The fourth-order valence-electron chi connectivity index (χ4n) is 2.91. The zero-order valence-corrected chi connectivity index (χ0v) is 13.4. The van der Waals surface area contributed by atoms with Crippen molar-refractivity contribution in [3.8, 4) is 17.0 Å². The van der Waals surface area contributed by atoms with Crippen molar-refractivity contribution in [2.24, 2.45) is 0 Å². The van der Waals surface area contributed by atoms with Gasteiger partial charge in [0.05, 0.1) is 5.69 Å². The SMILES string of the molecule is O=C(Cc1ccc2ccccc2c1)c1cc(-c2cccc(O)c2)n[nH]1. The molecule has 1 aromatic heterocycles. The van der Waals surface area contributed by atoms with Crippen LogP contribution in [0.5, 0.6) is 5.75 Å². The third-order valence-electron chi connectivity index (χ3n) is 4.20. The van der Waals surface area contributed by atoms with Crippen LogP contribution >= 0.6 is 0 Å². The second kappa shape index (κ2) is 6.24. The molecule has 0 aliphatic carbocycles. The largest absolute Gasteiger partial charge is 0.508 e. The van der Waals surface area contributed by atoms with Gasteiger partial charge in [0.15, 0.2) is 5.78 Å². The highest BCUT2D eigenvalue weighted by Crippen LogP contribution is 2.22. The van der Waals surface area contributed by atoms with Crippen molar-refractivity contribution in [1.82, 2.24) is 10.2 Å². The summed E-state index contributed by atoms with van der Waals surface area (Å²) < 4.78 is 0. The molecule has 1 heterocycles. The minimum atomic E-state index is -0.0193. The summed E-state index contributed by atoms with van der Waals surface area (Å²) in [5.74, 6) is 0.152. The van der Waals surface area contributed by atoms with Crippen LogP contribution in [0.3, 0.4) is 0 Å². The number of rotatable bonds is 4. The predicted molar refractivity (Wildman–Crippen MR) is 97.7 cm³/mol. The number of nitrogens with zero attached hydrogens (tertiary/aromatic N) is 1. The highest BCUT2D eigenvalue weighted by molar-refractivity contribution is 5.97. The molecule has 4 rings (SSSR count). The van der Waals surface area contributed by atoms with E-state index in [1.165, 1.54) is 0 Å². The Kier molecular flexibility index (Phi) is 3.78. The number of fused-ring (bicyclic) bond motifs is 1. The summed E-state index contributed by atoms with van der Waals surface area (Å²) in [6.45, 7) is 0. The number of aromatic hydroxyl groups is 1. The van der Waals surface area contributed by atoms with Gasteiger partial charge in [-0.05, 0) is 34.5 Å². The van der Waals surface area contributed by atoms with E-state index in [-0.39, 0.29) is 11.5 Å². The molecule has 25 heavy (non-hydrogen) atoms. The van der Waals surface area contributed by atoms with Crippen LogP contribution in [-0.4, -0.2) is 21.1 Å². The molecule has 3 aromatic carbocycles. The molecule has 4 nitrogen and oxygen atoms in total. The predicted octanol–water partition coefficient (Wildman–Crippen LogP) is 4.36. The van der Waals surface area contributed by atoms with Gasteiger partial charge in [-0.2, -0.15) is 5.10 Å². The number of aromatic nitrogens is 2. The van der Waals surface area contributed by atoms with Gasteiger partial charge in [0, 0.05) is 12.0 Å². The molecule has 0 unspecified atom stereocenters. The van der Waals surface area contributed by atoms with Crippen molar-refractivity contribution in [3.63, 3.8) is 0 Å². The molecular formula is C21H16N2O2.